The predicted molar refractivity (Wildman–Crippen MR) is 80.4 cm³/mol. The van der Waals surface area contributed by atoms with Crippen LogP contribution in [0.3, 0.4) is 0 Å². The molecule has 1 unspecified atom stereocenters. The van der Waals surface area contributed by atoms with Gasteiger partial charge in [-0.2, -0.15) is 0 Å². The van der Waals surface area contributed by atoms with Crippen LogP contribution in [0.1, 0.15) is 25.8 Å². The molecule has 2 rings (SSSR count). The summed E-state index contributed by atoms with van der Waals surface area (Å²) in [4.78, 5) is 14.9. The molecule has 0 saturated heterocycles. The molecule has 0 bridgehead atoms. The van der Waals surface area contributed by atoms with Crippen molar-refractivity contribution >= 4 is 16.9 Å². The lowest BCUT2D eigenvalue weighted by atomic mass is 10.0. The monoisotopic (exact) mass is 274 g/mol. The highest BCUT2D eigenvalue weighted by Crippen LogP contribution is 2.14. The molecule has 0 aliphatic carbocycles. The van der Waals surface area contributed by atoms with Crippen molar-refractivity contribution in [3.05, 3.63) is 36.0 Å². The Kier molecular flexibility index (Phi) is 4.79. The van der Waals surface area contributed by atoms with Gasteiger partial charge in [0.05, 0.1) is 7.11 Å². The molecule has 2 N–H and O–H groups in total. The standard InChI is InChI=1S/C16H22N2O2/c1-11(2)8-15(16(19)20-3)18-10-12-4-5-13-6-7-17-14(13)9-12/h4-7,9,11,15,17-18H,8,10H2,1-3H3. The molecule has 0 amide bonds. The lowest BCUT2D eigenvalue weighted by molar-refractivity contribution is -0.143. The molecule has 2 aromatic rings. The summed E-state index contributed by atoms with van der Waals surface area (Å²) >= 11 is 0. The van der Waals surface area contributed by atoms with Gasteiger partial charge in [0.2, 0.25) is 0 Å². The molecule has 20 heavy (non-hydrogen) atoms. The van der Waals surface area contributed by atoms with Crippen LogP contribution in [0.2, 0.25) is 0 Å². The molecule has 0 radical (unpaired) electrons. The molecule has 0 fully saturated rings. The largest absolute Gasteiger partial charge is 0.468 e. The fraction of sp³-hybridized carbons (Fsp3) is 0.438. The first-order valence-electron chi connectivity index (χ1n) is 6.97. The van der Waals surface area contributed by atoms with Gasteiger partial charge in [0.15, 0.2) is 0 Å². The number of benzene rings is 1. The van der Waals surface area contributed by atoms with Gasteiger partial charge >= 0.3 is 5.97 Å². The summed E-state index contributed by atoms with van der Waals surface area (Å²) in [6, 6.07) is 8.05. The van der Waals surface area contributed by atoms with Crippen LogP contribution in [-0.4, -0.2) is 24.1 Å². The van der Waals surface area contributed by atoms with Crippen molar-refractivity contribution in [2.24, 2.45) is 5.92 Å². The Morgan fingerprint density at radius 1 is 1.35 bits per heavy atom. The van der Waals surface area contributed by atoms with Crippen molar-refractivity contribution < 1.29 is 9.53 Å². The molecule has 0 aliphatic rings. The maximum absolute atomic E-state index is 11.7. The van der Waals surface area contributed by atoms with E-state index in [9.17, 15) is 4.79 Å². The Morgan fingerprint density at radius 2 is 2.15 bits per heavy atom. The Morgan fingerprint density at radius 3 is 2.85 bits per heavy atom. The number of fused-ring (bicyclic) bond motifs is 1. The van der Waals surface area contributed by atoms with Gasteiger partial charge in [-0.1, -0.05) is 26.0 Å². The second-order valence-corrected chi connectivity index (χ2v) is 5.49. The van der Waals surface area contributed by atoms with Crippen LogP contribution in [0, 0.1) is 5.92 Å². The quantitative estimate of drug-likeness (QED) is 0.796. The van der Waals surface area contributed by atoms with E-state index in [1.807, 2.05) is 12.3 Å². The SMILES string of the molecule is COC(=O)C(CC(C)C)NCc1ccc2cc[nH]c2c1. The van der Waals surface area contributed by atoms with Crippen molar-refractivity contribution in [2.75, 3.05) is 7.11 Å². The second kappa shape index (κ2) is 6.57. The first-order valence-corrected chi connectivity index (χ1v) is 6.97. The molecule has 0 spiro atoms. The van der Waals surface area contributed by atoms with E-state index in [1.165, 1.54) is 12.5 Å². The van der Waals surface area contributed by atoms with Crippen LogP contribution in [0.15, 0.2) is 30.5 Å². The van der Waals surface area contributed by atoms with Gasteiger partial charge in [0.1, 0.15) is 6.04 Å². The first kappa shape index (κ1) is 14.6. The Hall–Kier alpha value is -1.81. The Labute approximate surface area is 119 Å². The second-order valence-electron chi connectivity index (χ2n) is 5.49. The van der Waals surface area contributed by atoms with E-state index in [2.05, 4.69) is 42.3 Å². The van der Waals surface area contributed by atoms with Crippen LogP contribution >= 0.6 is 0 Å². The van der Waals surface area contributed by atoms with Gasteiger partial charge in [0, 0.05) is 18.3 Å². The zero-order chi connectivity index (χ0) is 14.5. The molecular weight excluding hydrogens is 252 g/mol. The molecule has 1 heterocycles. The number of esters is 1. The van der Waals surface area contributed by atoms with Crippen LogP contribution in [0.25, 0.3) is 10.9 Å². The van der Waals surface area contributed by atoms with Gasteiger partial charge in [-0.05, 0) is 35.4 Å². The molecule has 4 heteroatoms. The lowest BCUT2D eigenvalue weighted by Gasteiger charge is -2.18. The zero-order valence-corrected chi connectivity index (χ0v) is 12.3. The summed E-state index contributed by atoms with van der Waals surface area (Å²) in [6.07, 6.45) is 2.70. The number of ether oxygens (including phenoxy) is 1. The number of aromatic amines is 1. The third-order valence-corrected chi connectivity index (χ3v) is 3.36. The van der Waals surface area contributed by atoms with Gasteiger partial charge in [0.25, 0.3) is 0 Å². The minimum atomic E-state index is -0.251. The summed E-state index contributed by atoms with van der Waals surface area (Å²) in [5.41, 5.74) is 2.26. The van der Waals surface area contributed by atoms with Gasteiger partial charge in [-0.15, -0.1) is 0 Å². The molecule has 1 aromatic carbocycles. The van der Waals surface area contributed by atoms with Crippen molar-refractivity contribution in [1.82, 2.24) is 10.3 Å². The van der Waals surface area contributed by atoms with Crippen LogP contribution in [-0.2, 0) is 16.1 Å². The van der Waals surface area contributed by atoms with E-state index in [4.69, 9.17) is 4.74 Å². The van der Waals surface area contributed by atoms with E-state index in [-0.39, 0.29) is 12.0 Å². The number of methoxy groups -OCH3 is 1. The first-order chi connectivity index (χ1) is 9.60. The van der Waals surface area contributed by atoms with Crippen molar-refractivity contribution in [3.63, 3.8) is 0 Å². The highest BCUT2D eigenvalue weighted by Gasteiger charge is 2.19. The van der Waals surface area contributed by atoms with Crippen LogP contribution in [0.4, 0.5) is 0 Å². The van der Waals surface area contributed by atoms with E-state index < -0.39 is 0 Å². The predicted octanol–water partition coefficient (Wildman–Crippen LogP) is 2.85. The molecule has 1 atom stereocenters. The normalized spacial score (nSPS) is 12.8. The maximum Gasteiger partial charge on any atom is 0.322 e. The molecule has 0 saturated carbocycles. The van der Waals surface area contributed by atoms with E-state index in [0.717, 1.165) is 17.5 Å². The summed E-state index contributed by atoms with van der Waals surface area (Å²) in [5, 5.41) is 4.48. The topological polar surface area (TPSA) is 54.1 Å². The number of carbonyl (C=O) groups is 1. The van der Waals surface area contributed by atoms with Crippen molar-refractivity contribution in [1.29, 1.82) is 0 Å². The fourth-order valence-electron chi connectivity index (χ4n) is 2.32. The Balaban J connectivity index is 2.02. The van der Waals surface area contributed by atoms with Crippen LogP contribution in [0.5, 0.6) is 0 Å². The lowest BCUT2D eigenvalue weighted by Crippen LogP contribution is -2.38. The molecule has 0 aliphatic heterocycles. The van der Waals surface area contributed by atoms with Gasteiger partial charge in [-0.25, -0.2) is 0 Å². The van der Waals surface area contributed by atoms with E-state index in [0.29, 0.717) is 12.5 Å². The summed E-state index contributed by atoms with van der Waals surface area (Å²) in [6.45, 7) is 4.85. The van der Waals surface area contributed by atoms with Crippen LogP contribution < -0.4 is 5.32 Å². The number of nitrogens with one attached hydrogen (secondary N) is 2. The maximum atomic E-state index is 11.7. The minimum Gasteiger partial charge on any atom is -0.468 e. The third kappa shape index (κ3) is 3.61. The van der Waals surface area contributed by atoms with Crippen molar-refractivity contribution in [2.45, 2.75) is 32.9 Å². The fourth-order valence-corrected chi connectivity index (χ4v) is 2.32. The number of hydrogen-bond acceptors (Lipinski definition) is 3. The zero-order valence-electron chi connectivity index (χ0n) is 12.3. The molecule has 4 nitrogen and oxygen atoms in total. The highest BCUT2D eigenvalue weighted by atomic mass is 16.5. The van der Waals surface area contributed by atoms with Gasteiger partial charge in [-0.3, -0.25) is 4.79 Å². The summed E-state index contributed by atoms with van der Waals surface area (Å²) in [5.74, 6) is 0.247. The average molecular weight is 274 g/mol. The number of rotatable bonds is 6. The number of H-pyrrole nitrogens is 1. The molecule has 108 valence electrons. The third-order valence-electron chi connectivity index (χ3n) is 3.36. The van der Waals surface area contributed by atoms with E-state index >= 15 is 0 Å². The number of carbonyl (C=O) groups excluding carboxylic acids is 1. The average Bonchev–Trinajstić information content (AvgIpc) is 2.89. The molecule has 1 aromatic heterocycles. The number of aromatic nitrogens is 1. The summed E-state index contributed by atoms with van der Waals surface area (Å²) in [7, 11) is 1.43. The highest BCUT2D eigenvalue weighted by molar-refractivity contribution is 5.80. The van der Waals surface area contributed by atoms with Crippen molar-refractivity contribution in [3.8, 4) is 0 Å². The summed E-state index contributed by atoms with van der Waals surface area (Å²) < 4.78 is 4.85. The number of hydrogen-bond donors (Lipinski definition) is 2. The Bertz CT molecular complexity index is 575. The minimum absolute atomic E-state index is 0.195. The smallest absolute Gasteiger partial charge is 0.322 e. The molecular formula is C16H22N2O2. The van der Waals surface area contributed by atoms with E-state index in [1.54, 1.807) is 0 Å². The van der Waals surface area contributed by atoms with Gasteiger partial charge < -0.3 is 15.0 Å².